The van der Waals surface area contributed by atoms with Gasteiger partial charge in [-0.2, -0.15) is 5.26 Å². The first kappa shape index (κ1) is 13.1. The van der Waals surface area contributed by atoms with E-state index in [0.717, 1.165) is 6.26 Å². The van der Waals surface area contributed by atoms with E-state index in [2.05, 4.69) is 4.98 Å². The fourth-order valence-corrected chi connectivity index (χ4v) is 2.01. The van der Waals surface area contributed by atoms with Crippen LogP contribution >= 0.6 is 0 Å². The zero-order valence-electron chi connectivity index (χ0n) is 10.1. The molecule has 0 unspecified atom stereocenters. The minimum absolute atomic E-state index is 0.229. The van der Waals surface area contributed by atoms with Crippen molar-refractivity contribution in [1.29, 1.82) is 5.26 Å². The van der Waals surface area contributed by atoms with Crippen LogP contribution in [0.4, 0.5) is 0 Å². The third-order valence-electron chi connectivity index (χ3n) is 2.34. The van der Waals surface area contributed by atoms with Crippen LogP contribution < -0.4 is 4.74 Å². The lowest BCUT2D eigenvalue weighted by molar-refractivity contribution is 0.462. The average Bonchev–Trinajstić information content (AvgIpc) is 2.39. The van der Waals surface area contributed by atoms with Crippen molar-refractivity contribution >= 4 is 9.84 Å². The summed E-state index contributed by atoms with van der Waals surface area (Å²) in [6.45, 7) is 0. The number of hydrogen-bond acceptors (Lipinski definition) is 5. The first-order valence-corrected chi connectivity index (χ1v) is 7.22. The van der Waals surface area contributed by atoms with Crippen LogP contribution in [0.5, 0.6) is 11.6 Å². The van der Waals surface area contributed by atoms with Crippen LogP contribution in [0.3, 0.4) is 0 Å². The Morgan fingerprint density at radius 1 is 1.16 bits per heavy atom. The molecule has 0 radical (unpaired) electrons. The van der Waals surface area contributed by atoms with Crippen LogP contribution in [-0.2, 0) is 9.84 Å². The average molecular weight is 274 g/mol. The van der Waals surface area contributed by atoms with Crippen molar-refractivity contribution in [2.24, 2.45) is 0 Å². The number of rotatable bonds is 3. The molecule has 96 valence electrons. The van der Waals surface area contributed by atoms with Crippen LogP contribution in [0.15, 0.2) is 47.5 Å². The van der Waals surface area contributed by atoms with Gasteiger partial charge in [0.15, 0.2) is 9.84 Å². The SMILES string of the molecule is CS(=O)(=O)c1ccc(Oc2ccc(C#N)cn2)cc1. The Kier molecular flexibility index (Phi) is 3.49. The topological polar surface area (TPSA) is 80.0 Å². The fraction of sp³-hybridized carbons (Fsp3) is 0.0769. The molecule has 1 aromatic heterocycles. The third kappa shape index (κ3) is 3.30. The van der Waals surface area contributed by atoms with Crippen molar-refractivity contribution in [2.45, 2.75) is 4.90 Å². The monoisotopic (exact) mass is 274 g/mol. The van der Waals surface area contributed by atoms with Crippen molar-refractivity contribution in [3.63, 3.8) is 0 Å². The third-order valence-corrected chi connectivity index (χ3v) is 3.47. The van der Waals surface area contributed by atoms with E-state index < -0.39 is 9.84 Å². The first-order chi connectivity index (χ1) is 8.99. The summed E-state index contributed by atoms with van der Waals surface area (Å²) in [6, 6.07) is 11.2. The minimum atomic E-state index is -3.21. The van der Waals surface area contributed by atoms with E-state index in [1.54, 1.807) is 24.3 Å². The van der Waals surface area contributed by atoms with Crippen molar-refractivity contribution in [3.8, 4) is 17.7 Å². The molecule has 0 aliphatic carbocycles. The summed E-state index contributed by atoms with van der Waals surface area (Å²) >= 11 is 0. The summed E-state index contributed by atoms with van der Waals surface area (Å²) < 4.78 is 28.0. The zero-order valence-corrected chi connectivity index (χ0v) is 10.9. The Bertz CT molecular complexity index is 714. The molecule has 2 rings (SSSR count). The molecule has 0 N–H and O–H groups in total. The second kappa shape index (κ2) is 5.08. The van der Waals surface area contributed by atoms with Gasteiger partial charge in [0.2, 0.25) is 5.88 Å². The van der Waals surface area contributed by atoms with Gasteiger partial charge in [0.05, 0.1) is 10.5 Å². The van der Waals surface area contributed by atoms with E-state index in [-0.39, 0.29) is 4.90 Å². The van der Waals surface area contributed by atoms with Gasteiger partial charge in [-0.05, 0) is 30.3 Å². The Morgan fingerprint density at radius 3 is 2.32 bits per heavy atom. The highest BCUT2D eigenvalue weighted by atomic mass is 32.2. The van der Waals surface area contributed by atoms with Crippen LogP contribution in [0.2, 0.25) is 0 Å². The number of benzene rings is 1. The molecular weight excluding hydrogens is 264 g/mol. The van der Waals surface area contributed by atoms with Crippen molar-refractivity contribution in [2.75, 3.05) is 6.26 Å². The lowest BCUT2D eigenvalue weighted by Gasteiger charge is -2.05. The predicted octanol–water partition coefficient (Wildman–Crippen LogP) is 2.15. The van der Waals surface area contributed by atoms with Crippen LogP contribution in [0.1, 0.15) is 5.56 Å². The molecule has 0 amide bonds. The highest BCUT2D eigenvalue weighted by Crippen LogP contribution is 2.21. The Labute approximate surface area is 111 Å². The van der Waals surface area contributed by atoms with Gasteiger partial charge in [-0.25, -0.2) is 13.4 Å². The van der Waals surface area contributed by atoms with Gasteiger partial charge in [0, 0.05) is 18.5 Å². The van der Waals surface area contributed by atoms with E-state index in [0.29, 0.717) is 17.2 Å². The summed E-state index contributed by atoms with van der Waals surface area (Å²) in [7, 11) is -3.21. The summed E-state index contributed by atoms with van der Waals surface area (Å²) in [5.74, 6) is 0.815. The minimum Gasteiger partial charge on any atom is -0.439 e. The lowest BCUT2D eigenvalue weighted by Crippen LogP contribution is -1.96. The maximum absolute atomic E-state index is 11.3. The quantitative estimate of drug-likeness (QED) is 0.856. The Balaban J connectivity index is 2.17. The predicted molar refractivity (Wildman–Crippen MR) is 68.6 cm³/mol. The number of aromatic nitrogens is 1. The highest BCUT2D eigenvalue weighted by molar-refractivity contribution is 7.90. The molecule has 0 atom stereocenters. The molecule has 1 aromatic carbocycles. The van der Waals surface area contributed by atoms with E-state index in [1.165, 1.54) is 18.3 Å². The Morgan fingerprint density at radius 2 is 1.84 bits per heavy atom. The van der Waals surface area contributed by atoms with Gasteiger partial charge >= 0.3 is 0 Å². The number of hydrogen-bond donors (Lipinski definition) is 0. The van der Waals surface area contributed by atoms with E-state index in [4.69, 9.17) is 10.00 Å². The van der Waals surface area contributed by atoms with Crippen molar-refractivity contribution in [3.05, 3.63) is 48.2 Å². The standard InChI is InChI=1S/C13H10N2O3S/c1-19(16,17)12-5-3-11(4-6-12)18-13-7-2-10(8-14)9-15-13/h2-7,9H,1H3. The van der Waals surface area contributed by atoms with Gasteiger partial charge < -0.3 is 4.74 Å². The van der Waals surface area contributed by atoms with Crippen LogP contribution in [-0.4, -0.2) is 19.7 Å². The second-order valence-corrected chi connectivity index (χ2v) is 5.86. The molecule has 0 saturated heterocycles. The lowest BCUT2D eigenvalue weighted by atomic mass is 10.3. The fourth-order valence-electron chi connectivity index (χ4n) is 1.38. The van der Waals surface area contributed by atoms with E-state index in [9.17, 15) is 8.42 Å². The van der Waals surface area contributed by atoms with Crippen molar-refractivity contribution < 1.29 is 13.2 Å². The number of sulfone groups is 1. The summed E-state index contributed by atoms with van der Waals surface area (Å²) in [4.78, 5) is 4.18. The Hall–Kier alpha value is -2.39. The second-order valence-electron chi connectivity index (χ2n) is 3.84. The first-order valence-electron chi connectivity index (χ1n) is 5.33. The van der Waals surface area contributed by atoms with E-state index in [1.807, 2.05) is 6.07 Å². The van der Waals surface area contributed by atoms with Gasteiger partial charge in [0.25, 0.3) is 0 Å². The molecule has 2 aromatic rings. The molecule has 0 aliphatic heterocycles. The number of pyridine rings is 1. The largest absolute Gasteiger partial charge is 0.439 e. The molecule has 5 nitrogen and oxygen atoms in total. The van der Waals surface area contributed by atoms with Crippen LogP contribution in [0.25, 0.3) is 0 Å². The van der Waals surface area contributed by atoms with Gasteiger partial charge in [0.1, 0.15) is 11.8 Å². The molecule has 0 fully saturated rings. The van der Waals surface area contributed by atoms with Crippen LogP contribution in [0, 0.1) is 11.3 Å². The number of nitriles is 1. The zero-order chi connectivity index (χ0) is 13.9. The molecule has 0 bridgehead atoms. The summed E-state index contributed by atoms with van der Waals surface area (Å²) in [5.41, 5.74) is 0.444. The number of nitrogens with zero attached hydrogens (tertiary/aromatic N) is 2. The highest BCUT2D eigenvalue weighted by Gasteiger charge is 2.07. The van der Waals surface area contributed by atoms with E-state index >= 15 is 0 Å². The van der Waals surface area contributed by atoms with Gasteiger partial charge in [-0.1, -0.05) is 0 Å². The molecular formula is C13H10N2O3S. The van der Waals surface area contributed by atoms with Crippen molar-refractivity contribution in [1.82, 2.24) is 4.98 Å². The molecule has 6 heteroatoms. The maximum atomic E-state index is 11.3. The van der Waals surface area contributed by atoms with Gasteiger partial charge in [-0.15, -0.1) is 0 Å². The maximum Gasteiger partial charge on any atom is 0.219 e. The normalized spacial score (nSPS) is 10.7. The molecule has 19 heavy (non-hydrogen) atoms. The summed E-state index contributed by atoms with van der Waals surface area (Å²) in [6.07, 6.45) is 2.55. The van der Waals surface area contributed by atoms with Gasteiger partial charge in [-0.3, -0.25) is 0 Å². The number of ether oxygens (including phenoxy) is 1. The molecule has 0 aliphatic rings. The molecule has 0 saturated carbocycles. The smallest absolute Gasteiger partial charge is 0.219 e. The molecule has 1 heterocycles. The molecule has 0 spiro atoms. The summed E-state index contributed by atoms with van der Waals surface area (Å²) in [5, 5.41) is 8.64.